The van der Waals surface area contributed by atoms with Crippen LogP contribution in [0.1, 0.15) is 16.7 Å². The minimum Gasteiger partial charge on any atom is -0.493 e. The van der Waals surface area contributed by atoms with E-state index in [2.05, 4.69) is 15.9 Å². The van der Waals surface area contributed by atoms with Gasteiger partial charge < -0.3 is 9.47 Å². The number of benzene rings is 3. The number of amides is 1. The second-order valence-corrected chi connectivity index (χ2v) is 10.8. The van der Waals surface area contributed by atoms with Gasteiger partial charge in [-0.25, -0.2) is 0 Å². The summed E-state index contributed by atoms with van der Waals surface area (Å²) in [4.78, 5) is 15.2. The second kappa shape index (κ2) is 10.7. The van der Waals surface area contributed by atoms with Crippen molar-refractivity contribution < 1.29 is 14.3 Å². The molecule has 0 saturated carbocycles. The third-order valence-corrected chi connectivity index (χ3v) is 7.50. The summed E-state index contributed by atoms with van der Waals surface area (Å²) >= 11 is 22.5. The molecule has 0 bridgehead atoms. The quantitative estimate of drug-likeness (QED) is 0.213. The lowest BCUT2D eigenvalue weighted by Gasteiger charge is -2.15. The molecule has 9 heteroatoms. The maximum absolute atomic E-state index is 13.1. The van der Waals surface area contributed by atoms with Gasteiger partial charge in [0.2, 0.25) is 0 Å². The summed E-state index contributed by atoms with van der Waals surface area (Å²) in [7, 11) is 1.56. The largest absolute Gasteiger partial charge is 0.493 e. The summed E-state index contributed by atoms with van der Waals surface area (Å²) < 4.78 is 12.7. The minimum atomic E-state index is -0.161. The van der Waals surface area contributed by atoms with Crippen molar-refractivity contribution >= 4 is 85.1 Å². The Hall–Kier alpha value is -2.03. The predicted octanol–water partition coefficient (Wildman–Crippen LogP) is 8.06. The van der Waals surface area contributed by atoms with Crippen LogP contribution >= 0.6 is 63.1 Å². The normalized spacial score (nSPS) is 14.7. The van der Waals surface area contributed by atoms with Crippen molar-refractivity contribution in [2.24, 2.45) is 0 Å². The molecule has 0 unspecified atom stereocenters. The molecule has 4 rings (SSSR count). The highest BCUT2D eigenvalue weighted by molar-refractivity contribution is 9.10. The Morgan fingerprint density at radius 2 is 1.85 bits per heavy atom. The summed E-state index contributed by atoms with van der Waals surface area (Å²) in [6.45, 7) is 2.23. The van der Waals surface area contributed by atoms with Gasteiger partial charge in [-0.05, 0) is 70.9 Å². The van der Waals surface area contributed by atoms with E-state index in [0.29, 0.717) is 35.2 Å². The van der Waals surface area contributed by atoms with E-state index < -0.39 is 0 Å². The number of hydrogen-bond donors (Lipinski definition) is 0. The highest BCUT2D eigenvalue weighted by atomic mass is 79.9. The molecule has 1 saturated heterocycles. The van der Waals surface area contributed by atoms with E-state index in [1.54, 1.807) is 30.2 Å². The van der Waals surface area contributed by atoms with Gasteiger partial charge in [-0.3, -0.25) is 9.69 Å². The fraction of sp³-hybridized carbons (Fsp3) is 0.120. The Bertz CT molecular complexity index is 1310. The maximum Gasteiger partial charge on any atom is 0.270 e. The number of methoxy groups -OCH3 is 1. The van der Waals surface area contributed by atoms with Crippen LogP contribution < -0.4 is 14.4 Å². The number of carbonyl (C=O) groups is 1. The topological polar surface area (TPSA) is 38.8 Å². The van der Waals surface area contributed by atoms with Crippen molar-refractivity contribution in [1.29, 1.82) is 0 Å². The number of anilines is 1. The number of halogens is 3. The Morgan fingerprint density at radius 1 is 1.12 bits per heavy atom. The molecule has 0 aromatic heterocycles. The van der Waals surface area contributed by atoms with Gasteiger partial charge in [0.05, 0.1) is 22.2 Å². The molecule has 0 radical (unpaired) electrons. The zero-order valence-corrected chi connectivity index (χ0v) is 22.8. The predicted molar refractivity (Wildman–Crippen MR) is 148 cm³/mol. The average molecular weight is 595 g/mol. The molecule has 34 heavy (non-hydrogen) atoms. The molecular weight excluding hydrogens is 577 g/mol. The van der Waals surface area contributed by atoms with Crippen molar-refractivity contribution in [3.05, 3.63) is 90.7 Å². The molecule has 0 N–H and O–H groups in total. The number of rotatable bonds is 6. The lowest BCUT2D eigenvalue weighted by atomic mass is 10.1. The zero-order valence-electron chi connectivity index (χ0n) is 18.1. The van der Waals surface area contributed by atoms with Crippen molar-refractivity contribution in [1.82, 2.24) is 0 Å². The van der Waals surface area contributed by atoms with E-state index >= 15 is 0 Å². The van der Waals surface area contributed by atoms with E-state index in [1.165, 1.54) is 11.8 Å². The third kappa shape index (κ3) is 5.44. The van der Waals surface area contributed by atoms with Gasteiger partial charge in [0, 0.05) is 15.6 Å². The summed E-state index contributed by atoms with van der Waals surface area (Å²) in [5, 5.41) is 1.08. The fourth-order valence-electron chi connectivity index (χ4n) is 3.29. The van der Waals surface area contributed by atoms with Crippen molar-refractivity contribution in [2.45, 2.75) is 13.5 Å². The van der Waals surface area contributed by atoms with Crippen LogP contribution in [0, 0.1) is 6.92 Å². The molecule has 1 fully saturated rings. The summed E-state index contributed by atoms with van der Waals surface area (Å²) in [6, 6.07) is 16.6. The monoisotopic (exact) mass is 593 g/mol. The first-order valence-electron chi connectivity index (χ1n) is 10.1. The Kier molecular flexibility index (Phi) is 7.90. The minimum absolute atomic E-state index is 0.161. The van der Waals surface area contributed by atoms with Crippen LogP contribution in [0.4, 0.5) is 5.69 Å². The van der Waals surface area contributed by atoms with Gasteiger partial charge in [-0.1, -0.05) is 70.9 Å². The highest BCUT2D eigenvalue weighted by Crippen LogP contribution is 2.40. The molecule has 4 nitrogen and oxygen atoms in total. The van der Waals surface area contributed by atoms with Crippen molar-refractivity contribution in [2.75, 3.05) is 12.0 Å². The van der Waals surface area contributed by atoms with E-state index in [-0.39, 0.29) is 12.5 Å². The Labute approximate surface area is 226 Å². The molecule has 174 valence electrons. The van der Waals surface area contributed by atoms with Crippen LogP contribution in [-0.2, 0) is 11.4 Å². The number of carbonyl (C=O) groups excluding carboxylic acids is 1. The molecule has 1 amide bonds. The number of thioether (sulfide) groups is 1. The van der Waals surface area contributed by atoms with E-state index in [1.807, 2.05) is 49.4 Å². The first kappa shape index (κ1) is 25.1. The van der Waals surface area contributed by atoms with E-state index in [9.17, 15) is 4.79 Å². The standard InChI is InChI=1S/C25H18BrCl2NO3S2/c1-14-3-7-18(8-4-14)29-24(30)22(34-25(29)33)11-15-9-19(26)23(21(10-15)31-2)32-13-16-5-6-17(27)12-20(16)28/h3-12H,13H2,1-2H3/b22-11-. The van der Waals surface area contributed by atoms with Crippen molar-refractivity contribution in [3.8, 4) is 11.5 Å². The average Bonchev–Trinajstić information content (AvgIpc) is 3.07. The summed E-state index contributed by atoms with van der Waals surface area (Å²) in [6.07, 6.45) is 1.79. The maximum atomic E-state index is 13.1. The smallest absolute Gasteiger partial charge is 0.270 e. The molecule has 3 aromatic rings. The summed E-state index contributed by atoms with van der Waals surface area (Å²) in [5.41, 5.74) is 3.43. The summed E-state index contributed by atoms with van der Waals surface area (Å²) in [5.74, 6) is 0.879. The van der Waals surface area contributed by atoms with E-state index in [4.69, 9.17) is 44.9 Å². The highest BCUT2D eigenvalue weighted by Gasteiger charge is 2.33. The molecule has 0 atom stereocenters. The number of thiocarbonyl (C=S) groups is 1. The molecule has 0 aliphatic carbocycles. The molecule has 1 heterocycles. The fourth-order valence-corrected chi connectivity index (χ4v) is 5.62. The molecule has 0 spiro atoms. The number of nitrogens with zero attached hydrogens (tertiary/aromatic N) is 1. The first-order chi connectivity index (χ1) is 16.3. The van der Waals surface area contributed by atoms with Gasteiger partial charge in [-0.15, -0.1) is 0 Å². The van der Waals surface area contributed by atoms with Crippen molar-refractivity contribution in [3.63, 3.8) is 0 Å². The molecule has 1 aliphatic heterocycles. The lowest BCUT2D eigenvalue weighted by molar-refractivity contribution is -0.113. The third-order valence-electron chi connectivity index (χ3n) is 5.02. The van der Waals surface area contributed by atoms with Crippen LogP contribution in [0.25, 0.3) is 6.08 Å². The first-order valence-corrected chi connectivity index (χ1v) is 12.8. The van der Waals surface area contributed by atoms with Gasteiger partial charge >= 0.3 is 0 Å². The Balaban J connectivity index is 1.58. The van der Waals surface area contributed by atoms with Gasteiger partial charge in [-0.2, -0.15) is 0 Å². The molecule has 1 aliphatic rings. The van der Waals surface area contributed by atoms with E-state index in [0.717, 1.165) is 22.4 Å². The van der Waals surface area contributed by atoms with Gasteiger partial charge in [0.25, 0.3) is 5.91 Å². The molecule has 3 aromatic carbocycles. The van der Waals surface area contributed by atoms with Crippen LogP contribution in [0.5, 0.6) is 11.5 Å². The zero-order chi connectivity index (χ0) is 24.4. The SMILES string of the molecule is COc1cc(/C=C2\SC(=S)N(c3ccc(C)cc3)C2=O)cc(Br)c1OCc1ccc(Cl)cc1Cl. The Morgan fingerprint density at radius 3 is 2.53 bits per heavy atom. The van der Waals surface area contributed by atoms with Crippen LogP contribution in [0.3, 0.4) is 0 Å². The number of hydrogen-bond acceptors (Lipinski definition) is 5. The molecular formula is C25H18BrCl2NO3S2. The van der Waals surface area contributed by atoms with Gasteiger partial charge in [0.1, 0.15) is 6.61 Å². The van der Waals surface area contributed by atoms with Crippen LogP contribution in [0.2, 0.25) is 10.0 Å². The second-order valence-electron chi connectivity index (χ2n) is 7.41. The van der Waals surface area contributed by atoms with Crippen LogP contribution in [0.15, 0.2) is 64.0 Å². The van der Waals surface area contributed by atoms with Gasteiger partial charge in [0.15, 0.2) is 15.8 Å². The lowest BCUT2D eigenvalue weighted by Crippen LogP contribution is -2.27. The number of ether oxygens (including phenoxy) is 2. The number of aryl methyl sites for hydroxylation is 1. The van der Waals surface area contributed by atoms with Crippen LogP contribution in [-0.4, -0.2) is 17.3 Å².